The van der Waals surface area contributed by atoms with Gasteiger partial charge in [-0.15, -0.1) is 0 Å². The fourth-order valence-electron chi connectivity index (χ4n) is 2.71. The number of nitrogens with zero attached hydrogens (tertiary/aromatic N) is 5. The van der Waals surface area contributed by atoms with Gasteiger partial charge in [-0.1, -0.05) is 37.3 Å². The molecule has 0 aliphatic rings. The molecule has 0 aliphatic heterocycles. The van der Waals surface area contributed by atoms with Gasteiger partial charge in [-0.2, -0.15) is 14.6 Å². The van der Waals surface area contributed by atoms with Gasteiger partial charge >= 0.3 is 0 Å². The van der Waals surface area contributed by atoms with Crippen LogP contribution in [0.5, 0.6) is 0 Å². The zero-order valence-corrected chi connectivity index (χ0v) is 13.9. The smallest absolute Gasteiger partial charge is 0.254 e. The molecular weight excluding hydrogens is 312 g/mol. The van der Waals surface area contributed by atoms with Crippen LogP contribution < -0.4 is 5.32 Å². The Labute approximate surface area is 145 Å². The summed E-state index contributed by atoms with van der Waals surface area (Å²) in [6.07, 6.45) is 6.04. The number of hydrogen-bond acceptors (Lipinski definition) is 5. The van der Waals surface area contributed by atoms with E-state index in [9.17, 15) is 0 Å². The molecule has 0 bridgehead atoms. The lowest BCUT2D eigenvalue weighted by atomic mass is 10.1. The lowest BCUT2D eigenvalue weighted by molar-refractivity contribution is 0.901. The van der Waals surface area contributed by atoms with E-state index in [1.807, 2.05) is 18.3 Å². The van der Waals surface area contributed by atoms with Crippen molar-refractivity contribution < 1.29 is 0 Å². The van der Waals surface area contributed by atoms with Crippen molar-refractivity contribution in [2.45, 2.75) is 19.9 Å². The average molecular weight is 330 g/mol. The summed E-state index contributed by atoms with van der Waals surface area (Å²) in [5.74, 6) is 1.52. The molecule has 4 aromatic rings. The summed E-state index contributed by atoms with van der Waals surface area (Å²) in [5, 5.41) is 7.67. The van der Waals surface area contributed by atoms with Crippen molar-refractivity contribution >= 4 is 11.6 Å². The van der Waals surface area contributed by atoms with E-state index in [4.69, 9.17) is 0 Å². The summed E-state index contributed by atoms with van der Waals surface area (Å²) in [4.78, 5) is 12.8. The normalized spacial score (nSPS) is 10.9. The molecule has 1 N–H and O–H groups in total. The number of benzene rings is 1. The number of pyridine rings is 1. The van der Waals surface area contributed by atoms with E-state index in [1.165, 1.54) is 11.9 Å². The third-order valence-corrected chi connectivity index (χ3v) is 4.09. The third-order valence-electron chi connectivity index (χ3n) is 4.09. The van der Waals surface area contributed by atoms with Crippen molar-refractivity contribution in [1.29, 1.82) is 0 Å². The van der Waals surface area contributed by atoms with Crippen LogP contribution in [0.15, 0.2) is 61.2 Å². The standard InChI is InChI=1S/C19H18N6/c1-2-17-10-18(25-19(24-17)22-13-23-25)21-11-14-5-7-15(8-6-14)16-4-3-9-20-12-16/h3-10,12-13,21H,2,11H2,1H3. The Morgan fingerprint density at radius 1 is 1.08 bits per heavy atom. The van der Waals surface area contributed by atoms with Crippen molar-refractivity contribution in [2.75, 3.05) is 5.32 Å². The Kier molecular flexibility index (Phi) is 4.08. The molecule has 4 rings (SSSR count). The minimum absolute atomic E-state index is 0.619. The van der Waals surface area contributed by atoms with Gasteiger partial charge in [-0.3, -0.25) is 4.98 Å². The van der Waals surface area contributed by atoms with Crippen LogP contribution in [0.3, 0.4) is 0 Å². The molecule has 0 saturated heterocycles. The first-order chi connectivity index (χ1) is 12.3. The zero-order valence-electron chi connectivity index (χ0n) is 13.9. The summed E-state index contributed by atoms with van der Waals surface area (Å²) in [5.41, 5.74) is 4.46. The molecule has 0 saturated carbocycles. The maximum Gasteiger partial charge on any atom is 0.254 e. The fraction of sp³-hybridized carbons (Fsp3) is 0.158. The van der Waals surface area contributed by atoms with Crippen LogP contribution in [-0.4, -0.2) is 24.6 Å². The molecule has 6 nitrogen and oxygen atoms in total. The van der Waals surface area contributed by atoms with Crippen LogP contribution in [0.1, 0.15) is 18.2 Å². The van der Waals surface area contributed by atoms with Crippen molar-refractivity contribution in [2.24, 2.45) is 0 Å². The largest absolute Gasteiger partial charge is 0.366 e. The summed E-state index contributed by atoms with van der Waals surface area (Å²) in [6, 6.07) is 14.5. The molecule has 1 aromatic carbocycles. The third kappa shape index (κ3) is 3.19. The second kappa shape index (κ2) is 6.68. The first-order valence-electron chi connectivity index (χ1n) is 8.26. The summed E-state index contributed by atoms with van der Waals surface area (Å²) < 4.78 is 1.73. The van der Waals surface area contributed by atoms with Crippen LogP contribution in [0.25, 0.3) is 16.9 Å². The quantitative estimate of drug-likeness (QED) is 0.608. The highest BCUT2D eigenvalue weighted by molar-refractivity contribution is 5.62. The van der Waals surface area contributed by atoms with Crippen molar-refractivity contribution in [3.05, 3.63) is 72.4 Å². The van der Waals surface area contributed by atoms with Gasteiger partial charge in [0.2, 0.25) is 0 Å². The number of nitrogens with one attached hydrogen (secondary N) is 1. The van der Waals surface area contributed by atoms with Crippen molar-refractivity contribution in [3.8, 4) is 11.1 Å². The topological polar surface area (TPSA) is 68.0 Å². The first-order valence-corrected chi connectivity index (χ1v) is 8.26. The SMILES string of the molecule is CCc1cc(NCc2ccc(-c3cccnc3)cc2)n2ncnc2n1. The Morgan fingerprint density at radius 2 is 1.96 bits per heavy atom. The molecule has 0 unspecified atom stereocenters. The maximum absolute atomic E-state index is 4.46. The lowest BCUT2D eigenvalue weighted by Gasteiger charge is -2.10. The number of rotatable bonds is 5. The van der Waals surface area contributed by atoms with Crippen LogP contribution in [0.2, 0.25) is 0 Å². The van der Waals surface area contributed by atoms with Gasteiger partial charge in [0.15, 0.2) is 0 Å². The van der Waals surface area contributed by atoms with E-state index in [2.05, 4.69) is 62.6 Å². The Morgan fingerprint density at radius 3 is 2.72 bits per heavy atom. The summed E-state index contributed by atoms with van der Waals surface area (Å²) in [7, 11) is 0. The van der Waals surface area contributed by atoms with Crippen LogP contribution in [0.4, 0.5) is 5.82 Å². The highest BCUT2D eigenvalue weighted by Gasteiger charge is 2.06. The number of fused-ring (bicyclic) bond motifs is 1. The minimum Gasteiger partial charge on any atom is -0.366 e. The van der Waals surface area contributed by atoms with Gasteiger partial charge in [0.05, 0.1) is 0 Å². The number of aromatic nitrogens is 5. The van der Waals surface area contributed by atoms with E-state index >= 15 is 0 Å². The molecule has 0 amide bonds. The van der Waals surface area contributed by atoms with Gasteiger partial charge in [-0.25, -0.2) is 4.98 Å². The van der Waals surface area contributed by atoms with E-state index in [0.717, 1.165) is 29.1 Å². The lowest BCUT2D eigenvalue weighted by Crippen LogP contribution is -2.07. The predicted octanol–water partition coefficient (Wildman–Crippen LogP) is 3.36. The average Bonchev–Trinajstić information content (AvgIpc) is 3.16. The first kappa shape index (κ1) is 15.3. The van der Waals surface area contributed by atoms with E-state index in [1.54, 1.807) is 10.7 Å². The molecule has 0 atom stereocenters. The molecule has 3 heterocycles. The van der Waals surface area contributed by atoms with Crippen LogP contribution in [-0.2, 0) is 13.0 Å². The van der Waals surface area contributed by atoms with Crippen LogP contribution in [0, 0.1) is 0 Å². The Bertz CT molecular complexity index is 976. The number of aryl methyl sites for hydroxylation is 1. The molecule has 3 aromatic heterocycles. The molecule has 0 spiro atoms. The Balaban J connectivity index is 1.53. The molecule has 0 radical (unpaired) electrons. The second-order valence-corrected chi connectivity index (χ2v) is 5.75. The van der Waals surface area contributed by atoms with E-state index in [0.29, 0.717) is 12.3 Å². The van der Waals surface area contributed by atoms with Crippen LogP contribution >= 0.6 is 0 Å². The fourth-order valence-corrected chi connectivity index (χ4v) is 2.71. The number of anilines is 1. The van der Waals surface area contributed by atoms with Gasteiger partial charge in [-0.05, 0) is 29.2 Å². The molecular formula is C19H18N6. The second-order valence-electron chi connectivity index (χ2n) is 5.75. The molecule has 6 heteroatoms. The zero-order chi connectivity index (χ0) is 17.1. The predicted molar refractivity (Wildman–Crippen MR) is 97.2 cm³/mol. The highest BCUT2D eigenvalue weighted by atomic mass is 15.3. The van der Waals surface area contributed by atoms with E-state index in [-0.39, 0.29) is 0 Å². The van der Waals surface area contributed by atoms with Gasteiger partial charge in [0.1, 0.15) is 12.1 Å². The van der Waals surface area contributed by atoms with Gasteiger partial charge in [0, 0.05) is 30.7 Å². The Hall–Kier alpha value is -3.28. The molecule has 25 heavy (non-hydrogen) atoms. The molecule has 0 aliphatic carbocycles. The maximum atomic E-state index is 4.46. The summed E-state index contributed by atoms with van der Waals surface area (Å²) >= 11 is 0. The minimum atomic E-state index is 0.619. The monoisotopic (exact) mass is 330 g/mol. The van der Waals surface area contributed by atoms with Crippen molar-refractivity contribution in [1.82, 2.24) is 24.6 Å². The van der Waals surface area contributed by atoms with Gasteiger partial charge in [0.25, 0.3) is 5.78 Å². The number of hydrogen-bond donors (Lipinski definition) is 1. The molecule has 0 fully saturated rings. The van der Waals surface area contributed by atoms with Gasteiger partial charge < -0.3 is 5.32 Å². The molecule has 124 valence electrons. The van der Waals surface area contributed by atoms with E-state index < -0.39 is 0 Å². The van der Waals surface area contributed by atoms with Crippen molar-refractivity contribution in [3.63, 3.8) is 0 Å². The summed E-state index contributed by atoms with van der Waals surface area (Å²) in [6.45, 7) is 2.78. The highest BCUT2D eigenvalue weighted by Crippen LogP contribution is 2.19.